The van der Waals surface area contributed by atoms with Crippen LogP contribution in [0.25, 0.3) is 0 Å². The first kappa shape index (κ1) is 15.4. The smallest absolute Gasteiger partial charge is 0.337 e. The summed E-state index contributed by atoms with van der Waals surface area (Å²) in [6.07, 6.45) is 0. The van der Waals surface area contributed by atoms with Crippen LogP contribution in [0.15, 0.2) is 28.7 Å². The Morgan fingerprint density at radius 2 is 1.52 bits per heavy atom. The highest BCUT2D eigenvalue weighted by atomic mass is 79.9. The molecule has 2 aromatic carbocycles. The Hall–Kier alpha value is -2.01. The van der Waals surface area contributed by atoms with E-state index in [1.165, 1.54) is 6.07 Å². The van der Waals surface area contributed by atoms with Gasteiger partial charge in [-0.05, 0) is 61.7 Å². The third-order valence-corrected chi connectivity index (χ3v) is 4.49. The van der Waals surface area contributed by atoms with Gasteiger partial charge >= 0.3 is 5.97 Å². The predicted octanol–water partition coefficient (Wildman–Crippen LogP) is 4.45. The number of nitrogens with two attached hydrogens (primary N) is 1. The number of carboxylic acids is 1. The Labute approximate surface area is 131 Å². The molecule has 0 saturated heterocycles. The highest BCUT2D eigenvalue weighted by molar-refractivity contribution is 9.10. The fraction of sp³-hybridized carbons (Fsp3) is 0.188. The van der Waals surface area contributed by atoms with E-state index in [0.29, 0.717) is 17.1 Å². The van der Waals surface area contributed by atoms with E-state index in [1.807, 2.05) is 26.0 Å². The molecule has 0 radical (unpaired) electrons. The highest BCUT2D eigenvalue weighted by Crippen LogP contribution is 2.32. The summed E-state index contributed by atoms with van der Waals surface area (Å²) < 4.78 is 6.82. The lowest BCUT2D eigenvalue weighted by Crippen LogP contribution is -2.04. The van der Waals surface area contributed by atoms with Crippen LogP contribution in [0, 0.1) is 20.8 Å². The van der Waals surface area contributed by atoms with Gasteiger partial charge in [-0.3, -0.25) is 0 Å². The third kappa shape index (κ3) is 3.19. The molecular formula is C16H16BrNO3. The number of nitrogen functional groups attached to an aromatic ring is 1. The molecule has 0 aliphatic rings. The van der Waals surface area contributed by atoms with Gasteiger partial charge in [0, 0.05) is 10.2 Å². The van der Waals surface area contributed by atoms with E-state index in [-0.39, 0.29) is 11.3 Å². The first-order chi connectivity index (χ1) is 9.79. The lowest BCUT2D eigenvalue weighted by Gasteiger charge is -2.12. The highest BCUT2D eigenvalue weighted by Gasteiger charge is 2.13. The first-order valence-electron chi connectivity index (χ1n) is 6.37. The van der Waals surface area contributed by atoms with E-state index >= 15 is 0 Å². The Kier molecular flexibility index (Phi) is 4.23. The number of hydrogen-bond acceptors (Lipinski definition) is 3. The maximum atomic E-state index is 11.2. The molecule has 0 heterocycles. The molecule has 0 bridgehead atoms. The van der Waals surface area contributed by atoms with Gasteiger partial charge in [-0.2, -0.15) is 0 Å². The number of aromatic carboxylic acids is 1. The molecule has 3 N–H and O–H groups in total. The quantitative estimate of drug-likeness (QED) is 0.803. The minimum atomic E-state index is -1.07. The Morgan fingerprint density at radius 1 is 1.05 bits per heavy atom. The van der Waals surface area contributed by atoms with Crippen molar-refractivity contribution in [3.63, 3.8) is 0 Å². The molecule has 0 aliphatic carbocycles. The summed E-state index contributed by atoms with van der Waals surface area (Å²) in [5.74, 6) is 0.0538. The number of carbonyl (C=O) groups is 1. The molecule has 2 rings (SSSR count). The zero-order valence-electron chi connectivity index (χ0n) is 12.0. The molecule has 0 saturated carbocycles. The van der Waals surface area contributed by atoms with Crippen LogP contribution in [0.4, 0.5) is 5.69 Å². The fourth-order valence-corrected chi connectivity index (χ4v) is 2.33. The Morgan fingerprint density at radius 3 is 2.05 bits per heavy atom. The van der Waals surface area contributed by atoms with Crippen LogP contribution in [0.3, 0.4) is 0 Å². The maximum absolute atomic E-state index is 11.2. The number of rotatable bonds is 3. The third-order valence-electron chi connectivity index (χ3n) is 3.24. The monoisotopic (exact) mass is 349 g/mol. The molecule has 0 amide bonds. The lowest BCUT2D eigenvalue weighted by molar-refractivity contribution is 0.0697. The van der Waals surface area contributed by atoms with Gasteiger partial charge in [-0.1, -0.05) is 15.9 Å². The number of aryl methyl sites for hydroxylation is 3. The summed E-state index contributed by atoms with van der Waals surface area (Å²) in [5, 5.41) is 9.16. The predicted molar refractivity (Wildman–Crippen MR) is 86.2 cm³/mol. The van der Waals surface area contributed by atoms with Crippen molar-refractivity contribution >= 4 is 27.6 Å². The molecule has 0 fully saturated rings. The van der Waals surface area contributed by atoms with Crippen LogP contribution < -0.4 is 10.5 Å². The molecule has 0 aliphatic heterocycles. The average molecular weight is 350 g/mol. The summed E-state index contributed by atoms with van der Waals surface area (Å²) in [6.45, 7) is 5.70. The van der Waals surface area contributed by atoms with Gasteiger partial charge in [0.05, 0.1) is 5.56 Å². The van der Waals surface area contributed by atoms with Gasteiger partial charge in [-0.25, -0.2) is 4.79 Å². The number of carboxylic acid groups (broad SMARTS) is 1. The van der Waals surface area contributed by atoms with Gasteiger partial charge in [0.15, 0.2) is 0 Å². The molecule has 2 aromatic rings. The minimum Gasteiger partial charge on any atom is -0.478 e. The number of anilines is 1. The van der Waals surface area contributed by atoms with Crippen molar-refractivity contribution in [3.8, 4) is 11.5 Å². The van der Waals surface area contributed by atoms with Crippen LogP contribution in [0.1, 0.15) is 27.0 Å². The maximum Gasteiger partial charge on any atom is 0.337 e. The van der Waals surface area contributed by atoms with Crippen LogP contribution in [-0.2, 0) is 0 Å². The van der Waals surface area contributed by atoms with E-state index in [2.05, 4.69) is 15.9 Å². The zero-order valence-corrected chi connectivity index (χ0v) is 13.6. The molecule has 5 heteroatoms. The standard InChI is InChI=1S/C16H16BrNO3/c1-8-4-11(5-9(2)14(8)17)21-12-6-10(3)15(18)13(7-12)16(19)20/h4-7H,18H2,1-3H3,(H,19,20). The van der Waals surface area contributed by atoms with Crippen LogP contribution >= 0.6 is 15.9 Å². The Balaban J connectivity index is 2.43. The molecule has 110 valence electrons. The van der Waals surface area contributed by atoms with Crippen molar-refractivity contribution in [2.75, 3.05) is 5.73 Å². The van der Waals surface area contributed by atoms with Gasteiger partial charge in [0.1, 0.15) is 11.5 Å². The van der Waals surface area contributed by atoms with Crippen molar-refractivity contribution < 1.29 is 14.6 Å². The van der Waals surface area contributed by atoms with Crippen molar-refractivity contribution in [1.29, 1.82) is 0 Å². The normalized spacial score (nSPS) is 10.5. The second-order valence-electron chi connectivity index (χ2n) is 4.98. The van der Waals surface area contributed by atoms with Gasteiger partial charge in [0.2, 0.25) is 0 Å². The lowest BCUT2D eigenvalue weighted by atomic mass is 10.1. The van der Waals surface area contributed by atoms with E-state index < -0.39 is 5.97 Å². The summed E-state index contributed by atoms with van der Waals surface area (Å²) in [7, 11) is 0. The summed E-state index contributed by atoms with van der Waals surface area (Å²) >= 11 is 3.50. The Bertz CT molecular complexity index is 703. The molecule has 0 atom stereocenters. The largest absolute Gasteiger partial charge is 0.478 e. The number of benzene rings is 2. The second-order valence-corrected chi connectivity index (χ2v) is 5.77. The van der Waals surface area contributed by atoms with E-state index in [4.69, 9.17) is 15.6 Å². The number of halogens is 1. The first-order valence-corrected chi connectivity index (χ1v) is 7.17. The summed E-state index contributed by atoms with van der Waals surface area (Å²) in [5.41, 5.74) is 8.86. The summed E-state index contributed by atoms with van der Waals surface area (Å²) in [4.78, 5) is 11.2. The van der Waals surface area contributed by atoms with Gasteiger partial charge < -0.3 is 15.6 Å². The van der Waals surface area contributed by atoms with E-state index in [0.717, 1.165) is 15.6 Å². The minimum absolute atomic E-state index is 0.0514. The molecule has 0 unspecified atom stereocenters. The van der Waals surface area contributed by atoms with E-state index in [9.17, 15) is 4.79 Å². The van der Waals surface area contributed by atoms with Crippen molar-refractivity contribution in [3.05, 3.63) is 51.0 Å². The molecular weight excluding hydrogens is 334 g/mol. The zero-order chi connectivity index (χ0) is 15.7. The molecule has 21 heavy (non-hydrogen) atoms. The average Bonchev–Trinajstić information content (AvgIpc) is 2.39. The molecule has 4 nitrogen and oxygen atoms in total. The van der Waals surface area contributed by atoms with Crippen molar-refractivity contribution in [2.45, 2.75) is 20.8 Å². The second kappa shape index (κ2) is 5.77. The molecule has 0 spiro atoms. The van der Waals surface area contributed by atoms with E-state index in [1.54, 1.807) is 13.0 Å². The number of ether oxygens (including phenoxy) is 1. The molecule has 0 aromatic heterocycles. The topological polar surface area (TPSA) is 72.5 Å². The van der Waals surface area contributed by atoms with Gasteiger partial charge in [-0.15, -0.1) is 0 Å². The van der Waals surface area contributed by atoms with Crippen molar-refractivity contribution in [1.82, 2.24) is 0 Å². The number of hydrogen-bond donors (Lipinski definition) is 2. The summed E-state index contributed by atoms with van der Waals surface area (Å²) in [6, 6.07) is 6.96. The van der Waals surface area contributed by atoms with Crippen LogP contribution in [-0.4, -0.2) is 11.1 Å². The SMILES string of the molecule is Cc1cc(Oc2cc(C)c(Br)c(C)c2)cc(C(=O)O)c1N. The van der Waals surface area contributed by atoms with Gasteiger partial charge in [0.25, 0.3) is 0 Å². The van der Waals surface area contributed by atoms with Crippen LogP contribution in [0.5, 0.6) is 11.5 Å². The fourth-order valence-electron chi connectivity index (χ4n) is 2.10. The van der Waals surface area contributed by atoms with Crippen molar-refractivity contribution in [2.24, 2.45) is 0 Å². The van der Waals surface area contributed by atoms with Crippen LogP contribution in [0.2, 0.25) is 0 Å².